The van der Waals surface area contributed by atoms with Crippen molar-refractivity contribution in [2.45, 2.75) is 25.3 Å². The number of allylic oxidation sites excluding steroid dienone is 4. The summed E-state index contributed by atoms with van der Waals surface area (Å²) in [4.78, 5) is 0. The zero-order chi connectivity index (χ0) is 13.4. The minimum atomic E-state index is 0.410. The summed E-state index contributed by atoms with van der Waals surface area (Å²) in [5.41, 5.74) is 5.85. The zero-order valence-corrected chi connectivity index (χ0v) is 11.5. The molecule has 0 saturated heterocycles. The summed E-state index contributed by atoms with van der Waals surface area (Å²) in [6.07, 6.45) is 21.3. The number of fused-ring (bicyclic) bond motifs is 3. The number of hydrogen-bond donors (Lipinski definition) is 1. The van der Waals surface area contributed by atoms with Crippen LogP contribution in [0.25, 0.3) is 12.2 Å². The van der Waals surface area contributed by atoms with Crippen LogP contribution < -0.4 is 5.32 Å². The van der Waals surface area contributed by atoms with Crippen molar-refractivity contribution in [2.75, 3.05) is 0 Å². The van der Waals surface area contributed by atoms with Crippen LogP contribution >= 0.6 is 0 Å². The van der Waals surface area contributed by atoms with Crippen LogP contribution in [0.3, 0.4) is 0 Å². The van der Waals surface area contributed by atoms with Crippen molar-refractivity contribution in [3.8, 4) is 0 Å². The van der Waals surface area contributed by atoms with E-state index in [0.717, 1.165) is 6.42 Å². The van der Waals surface area contributed by atoms with Gasteiger partial charge in [0.1, 0.15) is 0 Å². The Kier molecular flexibility index (Phi) is 2.84. The van der Waals surface area contributed by atoms with Crippen LogP contribution in [0.4, 0.5) is 0 Å². The van der Waals surface area contributed by atoms with Crippen molar-refractivity contribution in [3.63, 3.8) is 0 Å². The van der Waals surface area contributed by atoms with E-state index >= 15 is 0 Å². The largest absolute Gasteiger partial charge is 0.383 e. The molecule has 20 heavy (non-hydrogen) atoms. The third-order valence-corrected chi connectivity index (χ3v) is 4.59. The fourth-order valence-electron chi connectivity index (χ4n) is 3.57. The second-order valence-electron chi connectivity index (χ2n) is 5.77. The highest BCUT2D eigenvalue weighted by Gasteiger charge is 2.26. The molecule has 0 fully saturated rings. The van der Waals surface area contributed by atoms with E-state index in [4.69, 9.17) is 0 Å². The average molecular weight is 261 g/mol. The molecule has 1 heteroatoms. The highest BCUT2D eigenvalue weighted by atomic mass is 14.9. The van der Waals surface area contributed by atoms with Gasteiger partial charge in [-0.2, -0.15) is 0 Å². The topological polar surface area (TPSA) is 12.0 Å². The molecule has 1 aromatic carbocycles. The molecule has 3 aliphatic rings. The fourth-order valence-corrected chi connectivity index (χ4v) is 3.57. The van der Waals surface area contributed by atoms with Crippen molar-refractivity contribution < 1.29 is 0 Å². The van der Waals surface area contributed by atoms with Crippen molar-refractivity contribution in [1.82, 2.24) is 5.32 Å². The van der Waals surface area contributed by atoms with E-state index in [2.05, 4.69) is 66.2 Å². The van der Waals surface area contributed by atoms with Gasteiger partial charge in [-0.05, 0) is 53.8 Å². The molecule has 1 heterocycles. The van der Waals surface area contributed by atoms with Gasteiger partial charge in [0.25, 0.3) is 0 Å². The third-order valence-electron chi connectivity index (χ3n) is 4.59. The first-order chi connectivity index (χ1) is 9.93. The Bertz CT molecular complexity index is 646. The van der Waals surface area contributed by atoms with Gasteiger partial charge in [-0.25, -0.2) is 0 Å². The van der Waals surface area contributed by atoms with Gasteiger partial charge in [-0.15, -0.1) is 0 Å². The Hall–Kier alpha value is -2.02. The first-order valence-electron chi connectivity index (χ1n) is 7.52. The van der Waals surface area contributed by atoms with Crippen LogP contribution in [0.2, 0.25) is 0 Å². The first kappa shape index (κ1) is 11.8. The molecule has 1 nitrogen and oxygen atoms in total. The van der Waals surface area contributed by atoms with Crippen LogP contribution in [0.5, 0.6) is 0 Å². The molecule has 0 amide bonds. The molecule has 0 saturated carbocycles. The van der Waals surface area contributed by atoms with Crippen LogP contribution in [-0.2, 0) is 6.42 Å². The molecule has 0 aromatic heterocycles. The fraction of sp³-hybridized carbons (Fsp3) is 0.263. The number of nitrogens with one attached hydrogen (secondary N) is 1. The second-order valence-corrected chi connectivity index (χ2v) is 5.77. The monoisotopic (exact) mass is 261 g/mol. The summed E-state index contributed by atoms with van der Waals surface area (Å²) in [6.45, 7) is 0. The van der Waals surface area contributed by atoms with E-state index in [1.54, 1.807) is 0 Å². The van der Waals surface area contributed by atoms with Crippen molar-refractivity contribution in [3.05, 3.63) is 71.0 Å². The van der Waals surface area contributed by atoms with Gasteiger partial charge in [0.15, 0.2) is 0 Å². The van der Waals surface area contributed by atoms with Gasteiger partial charge in [0.2, 0.25) is 0 Å². The van der Waals surface area contributed by atoms with E-state index < -0.39 is 0 Å². The molecule has 0 bridgehead atoms. The summed E-state index contributed by atoms with van der Waals surface area (Å²) in [7, 11) is 0. The molecule has 1 aromatic rings. The Morgan fingerprint density at radius 2 is 2.05 bits per heavy atom. The van der Waals surface area contributed by atoms with Crippen LogP contribution in [-0.4, -0.2) is 0 Å². The van der Waals surface area contributed by atoms with E-state index in [1.165, 1.54) is 35.1 Å². The number of benzene rings is 1. The predicted octanol–water partition coefficient (Wildman–Crippen LogP) is 4.39. The maximum Gasteiger partial charge on any atom is 0.0580 e. The molecule has 4 rings (SSSR count). The van der Waals surface area contributed by atoms with Gasteiger partial charge < -0.3 is 5.32 Å². The predicted molar refractivity (Wildman–Crippen MR) is 85.1 cm³/mol. The normalized spacial score (nSPS) is 26.0. The lowest BCUT2D eigenvalue weighted by molar-refractivity contribution is 0.463. The third kappa shape index (κ3) is 1.85. The van der Waals surface area contributed by atoms with E-state index in [0.29, 0.717) is 12.0 Å². The molecule has 0 radical (unpaired) electrons. The SMILES string of the molecule is C1=CCC(C2NC=Cc3c2ccc2c3CCC=C2)C=C1. The molecule has 2 unspecified atom stereocenters. The maximum atomic E-state index is 3.57. The Morgan fingerprint density at radius 3 is 2.95 bits per heavy atom. The molecular weight excluding hydrogens is 242 g/mol. The van der Waals surface area contributed by atoms with Crippen LogP contribution in [0.1, 0.15) is 41.1 Å². The molecule has 1 aliphatic heterocycles. The molecular formula is C19H19N. The Balaban J connectivity index is 1.78. The quantitative estimate of drug-likeness (QED) is 0.790. The Labute approximate surface area is 120 Å². The number of hydrogen-bond acceptors (Lipinski definition) is 1. The van der Waals surface area contributed by atoms with Gasteiger partial charge in [-0.1, -0.05) is 48.6 Å². The van der Waals surface area contributed by atoms with E-state index in [-0.39, 0.29) is 0 Å². The Morgan fingerprint density at radius 1 is 1.05 bits per heavy atom. The molecule has 2 atom stereocenters. The second kappa shape index (κ2) is 4.82. The zero-order valence-electron chi connectivity index (χ0n) is 11.5. The summed E-state index contributed by atoms with van der Waals surface area (Å²) >= 11 is 0. The number of rotatable bonds is 1. The maximum absolute atomic E-state index is 3.57. The smallest absolute Gasteiger partial charge is 0.0580 e. The highest BCUT2D eigenvalue weighted by Crippen LogP contribution is 2.37. The van der Waals surface area contributed by atoms with Crippen LogP contribution in [0.15, 0.2) is 48.7 Å². The molecule has 1 N–H and O–H groups in total. The highest BCUT2D eigenvalue weighted by molar-refractivity contribution is 5.69. The lowest BCUT2D eigenvalue weighted by Crippen LogP contribution is -2.27. The summed E-state index contributed by atoms with van der Waals surface area (Å²) in [6, 6.07) is 5.02. The van der Waals surface area contributed by atoms with E-state index in [9.17, 15) is 0 Å². The summed E-state index contributed by atoms with van der Waals surface area (Å²) < 4.78 is 0. The summed E-state index contributed by atoms with van der Waals surface area (Å²) in [5.74, 6) is 0.556. The van der Waals surface area contributed by atoms with Crippen LogP contribution in [0, 0.1) is 5.92 Å². The minimum absolute atomic E-state index is 0.410. The van der Waals surface area contributed by atoms with Gasteiger partial charge in [0.05, 0.1) is 6.04 Å². The summed E-state index contributed by atoms with van der Waals surface area (Å²) in [5, 5.41) is 3.57. The van der Waals surface area contributed by atoms with Crippen molar-refractivity contribution in [2.24, 2.45) is 5.92 Å². The standard InChI is InChI=1S/C19H19N/c1-2-7-15(8-3-1)19-18-11-10-14-6-4-5-9-16(14)17(18)12-13-20-19/h1-4,6-7,10-13,15,19-20H,5,8-9H2. The minimum Gasteiger partial charge on any atom is -0.383 e. The average Bonchev–Trinajstić information content (AvgIpc) is 2.55. The van der Waals surface area contributed by atoms with E-state index in [1.807, 2.05) is 0 Å². The lowest BCUT2D eigenvalue weighted by atomic mass is 9.80. The molecule has 2 aliphatic carbocycles. The van der Waals surface area contributed by atoms with Gasteiger partial charge in [-0.3, -0.25) is 0 Å². The lowest BCUT2D eigenvalue weighted by Gasteiger charge is -2.32. The van der Waals surface area contributed by atoms with Crippen molar-refractivity contribution >= 4 is 12.2 Å². The van der Waals surface area contributed by atoms with Gasteiger partial charge in [0, 0.05) is 5.92 Å². The van der Waals surface area contributed by atoms with Gasteiger partial charge >= 0.3 is 0 Å². The first-order valence-corrected chi connectivity index (χ1v) is 7.52. The molecule has 0 spiro atoms. The van der Waals surface area contributed by atoms with Crippen molar-refractivity contribution in [1.29, 1.82) is 0 Å². The molecule has 100 valence electrons.